The van der Waals surface area contributed by atoms with E-state index in [1.807, 2.05) is 18.7 Å². The van der Waals surface area contributed by atoms with Gasteiger partial charge in [-0.15, -0.1) is 0 Å². The van der Waals surface area contributed by atoms with Gasteiger partial charge in [0.25, 0.3) is 0 Å². The minimum absolute atomic E-state index is 0.108. The molecule has 1 aliphatic rings. The second-order valence-electron chi connectivity index (χ2n) is 6.89. The van der Waals surface area contributed by atoms with Crippen LogP contribution < -0.4 is 10.2 Å². The van der Waals surface area contributed by atoms with Crippen LogP contribution in [0.15, 0.2) is 18.3 Å². The summed E-state index contributed by atoms with van der Waals surface area (Å²) in [4.78, 5) is 5.97. The van der Waals surface area contributed by atoms with Gasteiger partial charge in [-0.25, -0.2) is 4.98 Å². The molecule has 1 aromatic rings. The van der Waals surface area contributed by atoms with Crippen molar-refractivity contribution in [2.24, 2.45) is 5.41 Å². The molecule has 2 heterocycles. The normalized spacial score (nSPS) is 19.9. The first kappa shape index (κ1) is 18.0. The van der Waals surface area contributed by atoms with Gasteiger partial charge in [-0.3, -0.25) is 0 Å². The quantitative estimate of drug-likeness (QED) is 0.871. The molecule has 0 saturated carbocycles. The van der Waals surface area contributed by atoms with E-state index < -0.39 is 11.7 Å². The van der Waals surface area contributed by atoms with Crippen LogP contribution in [0.5, 0.6) is 0 Å². The van der Waals surface area contributed by atoms with E-state index in [1.54, 1.807) is 0 Å². The fraction of sp³-hybridized carbons (Fsp3) is 0.688. The largest absolute Gasteiger partial charge is 0.417 e. The van der Waals surface area contributed by atoms with Crippen molar-refractivity contribution < 1.29 is 18.3 Å². The Morgan fingerprint density at radius 1 is 1.35 bits per heavy atom. The molecular weight excluding hydrogens is 307 g/mol. The van der Waals surface area contributed by atoms with Crippen molar-refractivity contribution in [3.63, 3.8) is 0 Å². The van der Waals surface area contributed by atoms with Gasteiger partial charge < -0.3 is 15.3 Å². The lowest BCUT2D eigenvalue weighted by molar-refractivity contribution is -0.137. The van der Waals surface area contributed by atoms with E-state index in [0.717, 1.165) is 31.6 Å². The van der Waals surface area contributed by atoms with Gasteiger partial charge in [0.1, 0.15) is 5.82 Å². The topological polar surface area (TPSA) is 48.4 Å². The number of hydrogen-bond donors (Lipinski definition) is 2. The highest BCUT2D eigenvalue weighted by Gasteiger charge is 2.31. The lowest BCUT2D eigenvalue weighted by Gasteiger charge is -2.35. The summed E-state index contributed by atoms with van der Waals surface area (Å²) in [5, 5.41) is 12.7. The van der Waals surface area contributed by atoms with Gasteiger partial charge in [-0.2, -0.15) is 13.2 Å². The first-order valence-electron chi connectivity index (χ1n) is 7.84. The maximum atomic E-state index is 12.6. The molecule has 130 valence electrons. The Balaban J connectivity index is 1.95. The SMILES string of the molecule is CC(C)(CO)CN[C@@H]1CCCN(c2ccc(C(F)(F)F)cn2)C1. The summed E-state index contributed by atoms with van der Waals surface area (Å²) in [6, 6.07) is 2.76. The predicted octanol–water partition coefficient (Wildman–Crippen LogP) is 2.68. The van der Waals surface area contributed by atoms with Crippen LogP contribution in [0.4, 0.5) is 19.0 Å². The van der Waals surface area contributed by atoms with Crippen LogP contribution in [0, 0.1) is 5.41 Å². The number of nitrogens with one attached hydrogen (secondary N) is 1. The van der Waals surface area contributed by atoms with Crippen molar-refractivity contribution in [1.82, 2.24) is 10.3 Å². The second kappa shape index (κ2) is 7.05. The summed E-state index contributed by atoms with van der Waals surface area (Å²) in [5.74, 6) is 0.575. The monoisotopic (exact) mass is 331 g/mol. The van der Waals surface area contributed by atoms with Gasteiger partial charge in [0, 0.05) is 43.9 Å². The average molecular weight is 331 g/mol. The summed E-state index contributed by atoms with van der Waals surface area (Å²) in [7, 11) is 0. The highest BCUT2D eigenvalue weighted by molar-refractivity contribution is 5.40. The summed E-state index contributed by atoms with van der Waals surface area (Å²) in [5.41, 5.74) is -0.910. The fourth-order valence-corrected chi connectivity index (χ4v) is 2.57. The molecule has 1 atom stereocenters. The Hall–Kier alpha value is -1.34. The van der Waals surface area contributed by atoms with Crippen molar-refractivity contribution >= 4 is 5.82 Å². The molecule has 0 aliphatic carbocycles. The summed E-state index contributed by atoms with van der Waals surface area (Å²) >= 11 is 0. The van der Waals surface area contributed by atoms with Crippen LogP contribution >= 0.6 is 0 Å². The Labute approximate surface area is 134 Å². The van der Waals surface area contributed by atoms with Gasteiger partial charge in [-0.1, -0.05) is 13.8 Å². The van der Waals surface area contributed by atoms with Gasteiger partial charge in [-0.05, 0) is 25.0 Å². The lowest BCUT2D eigenvalue weighted by Crippen LogP contribution is -2.48. The van der Waals surface area contributed by atoms with Crippen LogP contribution in [0.3, 0.4) is 0 Å². The Kier molecular flexibility index (Phi) is 5.52. The Bertz CT molecular complexity index is 502. The molecule has 0 spiro atoms. The molecule has 7 heteroatoms. The zero-order chi connectivity index (χ0) is 17.1. The summed E-state index contributed by atoms with van der Waals surface area (Å²) in [6.07, 6.45) is -1.49. The number of aromatic nitrogens is 1. The van der Waals surface area contributed by atoms with Crippen molar-refractivity contribution in [2.75, 3.05) is 31.1 Å². The number of aliphatic hydroxyl groups is 1. The third-order valence-corrected chi connectivity index (χ3v) is 4.12. The van der Waals surface area contributed by atoms with Gasteiger partial charge in [0.15, 0.2) is 0 Å². The number of alkyl halides is 3. The van der Waals surface area contributed by atoms with E-state index in [4.69, 9.17) is 0 Å². The molecular formula is C16H24F3N3O. The maximum absolute atomic E-state index is 12.6. The highest BCUT2D eigenvalue weighted by atomic mass is 19.4. The molecule has 4 nitrogen and oxygen atoms in total. The number of anilines is 1. The van der Waals surface area contributed by atoms with Crippen LogP contribution in [-0.2, 0) is 6.18 Å². The van der Waals surface area contributed by atoms with Crippen LogP contribution in [0.25, 0.3) is 0 Å². The average Bonchev–Trinajstić information content (AvgIpc) is 2.53. The van der Waals surface area contributed by atoms with E-state index in [-0.39, 0.29) is 18.1 Å². The third kappa shape index (κ3) is 5.07. The zero-order valence-electron chi connectivity index (χ0n) is 13.5. The maximum Gasteiger partial charge on any atom is 0.417 e. The summed E-state index contributed by atoms with van der Waals surface area (Å²) in [6.45, 7) is 6.27. The molecule has 1 fully saturated rings. The molecule has 23 heavy (non-hydrogen) atoms. The Morgan fingerprint density at radius 2 is 2.09 bits per heavy atom. The minimum Gasteiger partial charge on any atom is -0.396 e. The molecule has 2 rings (SSSR count). The number of aliphatic hydroxyl groups excluding tert-OH is 1. The first-order chi connectivity index (χ1) is 10.7. The molecule has 0 radical (unpaired) electrons. The van der Waals surface area contributed by atoms with Gasteiger partial charge in [0.2, 0.25) is 0 Å². The molecule has 0 bridgehead atoms. The Morgan fingerprint density at radius 3 is 2.65 bits per heavy atom. The molecule has 0 aromatic carbocycles. The van der Waals surface area contributed by atoms with Crippen molar-refractivity contribution in [3.05, 3.63) is 23.9 Å². The summed E-state index contributed by atoms with van der Waals surface area (Å²) < 4.78 is 37.8. The van der Waals surface area contributed by atoms with E-state index in [2.05, 4.69) is 10.3 Å². The van der Waals surface area contributed by atoms with Gasteiger partial charge in [0.05, 0.1) is 5.56 Å². The zero-order valence-corrected chi connectivity index (χ0v) is 13.5. The van der Waals surface area contributed by atoms with Gasteiger partial charge >= 0.3 is 6.18 Å². The lowest BCUT2D eigenvalue weighted by atomic mass is 9.94. The standard InChI is InChI=1S/C16H24F3N3O/c1-15(2,11-23)10-21-13-4-3-7-22(9-13)14-6-5-12(8-20-14)16(17,18)19/h5-6,8,13,21,23H,3-4,7,9-11H2,1-2H3/t13-/m1/s1. The third-order valence-electron chi connectivity index (χ3n) is 4.12. The number of rotatable bonds is 5. The van der Waals surface area contributed by atoms with Crippen LogP contribution in [-0.4, -0.2) is 42.4 Å². The van der Waals surface area contributed by atoms with Crippen LogP contribution in [0.1, 0.15) is 32.3 Å². The predicted molar refractivity (Wildman–Crippen MR) is 83.3 cm³/mol. The number of hydrogen-bond acceptors (Lipinski definition) is 4. The molecule has 1 aliphatic heterocycles. The van der Waals surface area contributed by atoms with Crippen LogP contribution in [0.2, 0.25) is 0 Å². The second-order valence-corrected chi connectivity index (χ2v) is 6.89. The van der Waals surface area contributed by atoms with Crippen molar-refractivity contribution in [3.8, 4) is 0 Å². The smallest absolute Gasteiger partial charge is 0.396 e. The molecule has 2 N–H and O–H groups in total. The molecule has 1 saturated heterocycles. The van der Waals surface area contributed by atoms with E-state index >= 15 is 0 Å². The molecule has 1 aromatic heterocycles. The molecule has 0 unspecified atom stereocenters. The number of halogens is 3. The number of piperidine rings is 1. The van der Waals surface area contributed by atoms with E-state index in [1.165, 1.54) is 6.07 Å². The van der Waals surface area contributed by atoms with Crippen molar-refractivity contribution in [2.45, 2.75) is 38.9 Å². The first-order valence-corrected chi connectivity index (χ1v) is 7.84. The highest BCUT2D eigenvalue weighted by Crippen LogP contribution is 2.29. The number of nitrogens with zero attached hydrogens (tertiary/aromatic N) is 2. The minimum atomic E-state index is -4.35. The van der Waals surface area contributed by atoms with E-state index in [0.29, 0.717) is 18.9 Å². The van der Waals surface area contributed by atoms with E-state index in [9.17, 15) is 18.3 Å². The number of pyridine rings is 1. The van der Waals surface area contributed by atoms with Crippen molar-refractivity contribution in [1.29, 1.82) is 0 Å². The fourth-order valence-electron chi connectivity index (χ4n) is 2.57. The molecule has 0 amide bonds.